The second-order valence-electron chi connectivity index (χ2n) is 4.96. The van der Waals surface area contributed by atoms with Crippen LogP contribution >= 0.6 is 0 Å². The zero-order valence-corrected chi connectivity index (χ0v) is 11.3. The van der Waals surface area contributed by atoms with Crippen molar-refractivity contribution >= 4 is 17.5 Å². The normalized spacial score (nSPS) is 16.1. The lowest BCUT2D eigenvalue weighted by atomic mass is 9.94. The van der Waals surface area contributed by atoms with Crippen molar-refractivity contribution in [1.29, 1.82) is 0 Å². The Morgan fingerprint density at radius 2 is 2.20 bits per heavy atom. The highest BCUT2D eigenvalue weighted by Gasteiger charge is 2.24. The molecule has 0 aromatic carbocycles. The standard InChI is InChI=1S/C13H17N3O4/c1-2-9-3-5-15(6-4-9)12-7-10(13(17)18)11(8-14-12)16(19)20/h7-9H,2-6H2,1H3,(H,17,18). The summed E-state index contributed by atoms with van der Waals surface area (Å²) in [6, 6.07) is 1.30. The molecule has 20 heavy (non-hydrogen) atoms. The van der Waals surface area contributed by atoms with Crippen LogP contribution in [0.5, 0.6) is 0 Å². The third kappa shape index (κ3) is 2.87. The highest BCUT2D eigenvalue weighted by Crippen LogP contribution is 2.27. The van der Waals surface area contributed by atoms with E-state index < -0.39 is 16.6 Å². The second kappa shape index (κ2) is 5.85. The Morgan fingerprint density at radius 3 is 2.70 bits per heavy atom. The monoisotopic (exact) mass is 279 g/mol. The number of pyridine rings is 1. The van der Waals surface area contributed by atoms with Crippen LogP contribution in [0.2, 0.25) is 0 Å². The molecule has 1 saturated heterocycles. The van der Waals surface area contributed by atoms with E-state index in [2.05, 4.69) is 11.9 Å². The number of anilines is 1. The van der Waals surface area contributed by atoms with Crippen LogP contribution in [0.3, 0.4) is 0 Å². The molecule has 1 aliphatic rings. The molecule has 108 valence electrons. The number of hydrogen-bond donors (Lipinski definition) is 1. The first-order valence-corrected chi connectivity index (χ1v) is 6.65. The van der Waals surface area contributed by atoms with E-state index in [1.54, 1.807) is 0 Å². The van der Waals surface area contributed by atoms with Crippen molar-refractivity contribution in [2.45, 2.75) is 26.2 Å². The Labute approximate surface area is 116 Å². The maximum atomic E-state index is 11.1. The van der Waals surface area contributed by atoms with Crippen LogP contribution in [0.4, 0.5) is 11.5 Å². The summed E-state index contributed by atoms with van der Waals surface area (Å²) in [5, 5.41) is 19.9. The number of nitro groups is 1. The summed E-state index contributed by atoms with van der Waals surface area (Å²) in [4.78, 5) is 27.2. The predicted molar refractivity (Wildman–Crippen MR) is 73.1 cm³/mol. The van der Waals surface area contributed by atoms with Crippen LogP contribution in [0.1, 0.15) is 36.5 Å². The fourth-order valence-corrected chi connectivity index (χ4v) is 2.50. The van der Waals surface area contributed by atoms with Crippen molar-refractivity contribution in [3.05, 3.63) is 27.9 Å². The summed E-state index contributed by atoms with van der Waals surface area (Å²) in [6.45, 7) is 3.78. The van der Waals surface area contributed by atoms with Crippen molar-refractivity contribution in [3.8, 4) is 0 Å². The number of nitrogens with zero attached hydrogens (tertiary/aromatic N) is 3. The number of aromatic carboxylic acids is 1. The number of carboxylic acid groups (broad SMARTS) is 1. The molecule has 2 rings (SSSR count). The highest BCUT2D eigenvalue weighted by atomic mass is 16.6. The average molecular weight is 279 g/mol. The lowest BCUT2D eigenvalue weighted by molar-refractivity contribution is -0.385. The minimum atomic E-state index is -1.30. The van der Waals surface area contributed by atoms with E-state index >= 15 is 0 Å². The molecule has 2 heterocycles. The minimum absolute atomic E-state index is 0.308. The summed E-state index contributed by atoms with van der Waals surface area (Å²) in [7, 11) is 0. The first-order valence-electron chi connectivity index (χ1n) is 6.65. The molecule has 7 heteroatoms. The first kappa shape index (κ1) is 14.2. The molecule has 1 N–H and O–H groups in total. The molecule has 0 atom stereocenters. The number of rotatable bonds is 4. The zero-order valence-electron chi connectivity index (χ0n) is 11.3. The van der Waals surface area contributed by atoms with Crippen molar-refractivity contribution in [3.63, 3.8) is 0 Å². The summed E-state index contributed by atoms with van der Waals surface area (Å²) in [5.74, 6) is -0.102. The maximum absolute atomic E-state index is 11.1. The molecular weight excluding hydrogens is 262 g/mol. The molecule has 1 aromatic heterocycles. The summed E-state index contributed by atoms with van der Waals surface area (Å²) in [6.07, 6.45) is 4.25. The molecule has 0 saturated carbocycles. The van der Waals surface area contributed by atoms with Crippen LogP contribution in [0.25, 0.3) is 0 Å². The van der Waals surface area contributed by atoms with Crippen LogP contribution < -0.4 is 4.90 Å². The maximum Gasteiger partial charge on any atom is 0.342 e. The van der Waals surface area contributed by atoms with E-state index in [0.717, 1.165) is 38.5 Å². The van der Waals surface area contributed by atoms with E-state index in [-0.39, 0.29) is 5.56 Å². The van der Waals surface area contributed by atoms with Gasteiger partial charge in [0.05, 0.1) is 4.92 Å². The van der Waals surface area contributed by atoms with Gasteiger partial charge in [-0.2, -0.15) is 0 Å². The van der Waals surface area contributed by atoms with Crippen molar-refractivity contribution in [2.75, 3.05) is 18.0 Å². The third-order valence-electron chi connectivity index (χ3n) is 3.81. The fraction of sp³-hybridized carbons (Fsp3) is 0.538. The lowest BCUT2D eigenvalue weighted by Gasteiger charge is -2.32. The highest BCUT2D eigenvalue weighted by molar-refractivity contribution is 5.93. The number of carboxylic acids is 1. The van der Waals surface area contributed by atoms with E-state index in [4.69, 9.17) is 5.11 Å². The van der Waals surface area contributed by atoms with E-state index in [1.165, 1.54) is 6.07 Å². The molecule has 0 amide bonds. The summed E-state index contributed by atoms with van der Waals surface area (Å²) >= 11 is 0. The molecule has 0 unspecified atom stereocenters. The van der Waals surface area contributed by atoms with Gasteiger partial charge in [0, 0.05) is 19.2 Å². The number of piperidine rings is 1. The van der Waals surface area contributed by atoms with Crippen LogP contribution in [-0.4, -0.2) is 34.1 Å². The summed E-state index contributed by atoms with van der Waals surface area (Å²) in [5.41, 5.74) is -0.776. The molecule has 0 bridgehead atoms. The quantitative estimate of drug-likeness (QED) is 0.671. The zero-order chi connectivity index (χ0) is 14.7. The van der Waals surface area contributed by atoms with Gasteiger partial charge in [-0.05, 0) is 18.8 Å². The fourth-order valence-electron chi connectivity index (χ4n) is 2.50. The molecule has 7 nitrogen and oxygen atoms in total. The van der Waals surface area contributed by atoms with Gasteiger partial charge >= 0.3 is 11.7 Å². The minimum Gasteiger partial charge on any atom is -0.477 e. The average Bonchev–Trinajstić information content (AvgIpc) is 2.46. The Kier molecular flexibility index (Phi) is 4.16. The molecule has 0 spiro atoms. The summed E-state index contributed by atoms with van der Waals surface area (Å²) < 4.78 is 0. The topological polar surface area (TPSA) is 96.6 Å². The van der Waals surface area contributed by atoms with E-state index in [9.17, 15) is 14.9 Å². The van der Waals surface area contributed by atoms with Gasteiger partial charge in [0.25, 0.3) is 0 Å². The lowest BCUT2D eigenvalue weighted by Crippen LogP contribution is -2.34. The van der Waals surface area contributed by atoms with Crippen LogP contribution in [0, 0.1) is 16.0 Å². The number of carbonyl (C=O) groups is 1. The van der Waals surface area contributed by atoms with Gasteiger partial charge in [-0.15, -0.1) is 0 Å². The van der Waals surface area contributed by atoms with Gasteiger partial charge in [-0.1, -0.05) is 13.3 Å². The Balaban J connectivity index is 2.24. The number of hydrogen-bond acceptors (Lipinski definition) is 5. The van der Waals surface area contributed by atoms with Gasteiger partial charge < -0.3 is 10.0 Å². The third-order valence-corrected chi connectivity index (χ3v) is 3.81. The number of aromatic nitrogens is 1. The van der Waals surface area contributed by atoms with Gasteiger partial charge in [0.2, 0.25) is 0 Å². The predicted octanol–water partition coefficient (Wildman–Crippen LogP) is 2.31. The smallest absolute Gasteiger partial charge is 0.342 e. The molecule has 0 radical (unpaired) electrons. The van der Waals surface area contributed by atoms with E-state index in [0.29, 0.717) is 11.7 Å². The van der Waals surface area contributed by atoms with Crippen molar-refractivity contribution in [1.82, 2.24) is 4.98 Å². The molecule has 0 aliphatic carbocycles. The largest absolute Gasteiger partial charge is 0.477 e. The van der Waals surface area contributed by atoms with Gasteiger partial charge in [0.15, 0.2) is 0 Å². The first-order chi connectivity index (χ1) is 9.52. The Morgan fingerprint density at radius 1 is 1.55 bits per heavy atom. The van der Waals surface area contributed by atoms with E-state index in [1.807, 2.05) is 4.90 Å². The molecule has 1 fully saturated rings. The van der Waals surface area contributed by atoms with Crippen molar-refractivity contribution in [2.24, 2.45) is 5.92 Å². The second-order valence-corrected chi connectivity index (χ2v) is 4.96. The SMILES string of the molecule is CCC1CCN(c2cc(C(=O)O)c([N+](=O)[O-])cn2)CC1. The Hall–Kier alpha value is -2.18. The van der Waals surface area contributed by atoms with Crippen LogP contribution in [0.15, 0.2) is 12.3 Å². The molecule has 1 aliphatic heterocycles. The van der Waals surface area contributed by atoms with Crippen LogP contribution in [-0.2, 0) is 0 Å². The van der Waals surface area contributed by atoms with Gasteiger partial charge in [-0.25, -0.2) is 9.78 Å². The van der Waals surface area contributed by atoms with Crippen molar-refractivity contribution < 1.29 is 14.8 Å². The molecular formula is C13H17N3O4. The van der Waals surface area contributed by atoms with Gasteiger partial charge in [-0.3, -0.25) is 10.1 Å². The Bertz CT molecular complexity index is 524. The van der Waals surface area contributed by atoms with Gasteiger partial charge in [0.1, 0.15) is 17.6 Å². The molecule has 1 aromatic rings.